The molecule has 0 aromatic rings. The molecule has 0 heterocycles. The lowest BCUT2D eigenvalue weighted by atomic mass is 9.92. The van der Waals surface area contributed by atoms with E-state index >= 15 is 0 Å². The van der Waals surface area contributed by atoms with Crippen molar-refractivity contribution in [3.8, 4) is 0 Å². The predicted molar refractivity (Wildman–Crippen MR) is 61.2 cm³/mol. The van der Waals surface area contributed by atoms with Crippen molar-refractivity contribution in [1.82, 2.24) is 5.32 Å². The summed E-state index contributed by atoms with van der Waals surface area (Å²) in [6.07, 6.45) is 3.90. The standard InChI is InChI=1S/C11H23N3O/c1-11(2)4-3-8(6-11)14-9(7-12)5-10(13)15/h8-9,14H,3-7,12H2,1-2H3,(H2,13,15). The van der Waals surface area contributed by atoms with E-state index in [0.29, 0.717) is 24.4 Å². The second kappa shape index (κ2) is 4.94. The molecule has 2 unspecified atom stereocenters. The molecular weight excluding hydrogens is 190 g/mol. The minimum absolute atomic E-state index is 0.0430. The summed E-state index contributed by atoms with van der Waals surface area (Å²) in [5.41, 5.74) is 11.2. The van der Waals surface area contributed by atoms with Crippen LogP contribution in [-0.4, -0.2) is 24.5 Å². The predicted octanol–water partition coefficient (Wildman–Crippen LogP) is 0.357. The lowest BCUT2D eigenvalue weighted by Crippen LogP contribution is -2.44. The Kier molecular flexibility index (Phi) is 4.11. The monoisotopic (exact) mass is 213 g/mol. The Morgan fingerprint density at radius 1 is 1.60 bits per heavy atom. The van der Waals surface area contributed by atoms with Crippen molar-refractivity contribution in [1.29, 1.82) is 0 Å². The van der Waals surface area contributed by atoms with Gasteiger partial charge in [0.2, 0.25) is 5.91 Å². The quantitative estimate of drug-likeness (QED) is 0.616. The molecule has 1 rings (SSSR count). The van der Waals surface area contributed by atoms with Gasteiger partial charge in [0, 0.05) is 25.0 Å². The maximum Gasteiger partial charge on any atom is 0.219 e. The molecule has 1 aliphatic rings. The number of carbonyl (C=O) groups excluding carboxylic acids is 1. The molecule has 0 saturated heterocycles. The Bertz CT molecular complexity index is 228. The summed E-state index contributed by atoms with van der Waals surface area (Å²) in [4.78, 5) is 10.8. The summed E-state index contributed by atoms with van der Waals surface area (Å²) in [6.45, 7) is 5.03. The summed E-state index contributed by atoms with van der Waals surface area (Å²) >= 11 is 0. The molecule has 1 saturated carbocycles. The van der Waals surface area contributed by atoms with Gasteiger partial charge < -0.3 is 16.8 Å². The lowest BCUT2D eigenvalue weighted by Gasteiger charge is -2.22. The van der Waals surface area contributed by atoms with Crippen LogP contribution in [0.3, 0.4) is 0 Å². The number of primary amides is 1. The molecule has 1 amide bonds. The molecule has 0 bridgehead atoms. The number of hydrogen-bond acceptors (Lipinski definition) is 3. The van der Waals surface area contributed by atoms with Crippen LogP contribution in [0.2, 0.25) is 0 Å². The van der Waals surface area contributed by atoms with Crippen LogP contribution in [0.25, 0.3) is 0 Å². The first-order valence-corrected chi connectivity index (χ1v) is 5.67. The SMILES string of the molecule is CC1(C)CCC(NC(CN)CC(N)=O)C1. The van der Waals surface area contributed by atoms with E-state index in [0.717, 1.165) is 6.42 Å². The van der Waals surface area contributed by atoms with E-state index < -0.39 is 0 Å². The molecule has 4 nitrogen and oxygen atoms in total. The van der Waals surface area contributed by atoms with Crippen molar-refractivity contribution >= 4 is 5.91 Å². The molecule has 4 heteroatoms. The molecule has 1 aliphatic carbocycles. The molecule has 5 N–H and O–H groups in total. The van der Waals surface area contributed by atoms with Gasteiger partial charge >= 0.3 is 0 Å². The third-order valence-corrected chi connectivity index (χ3v) is 3.17. The summed E-state index contributed by atoms with van der Waals surface area (Å²) in [5, 5.41) is 3.43. The van der Waals surface area contributed by atoms with E-state index in [1.54, 1.807) is 0 Å². The van der Waals surface area contributed by atoms with Crippen LogP contribution in [0.15, 0.2) is 0 Å². The summed E-state index contributed by atoms with van der Waals surface area (Å²) in [6, 6.07) is 0.536. The van der Waals surface area contributed by atoms with Crippen molar-refractivity contribution in [2.24, 2.45) is 16.9 Å². The number of rotatable bonds is 5. The van der Waals surface area contributed by atoms with Gasteiger partial charge in [0.25, 0.3) is 0 Å². The minimum atomic E-state index is -0.282. The Balaban J connectivity index is 2.36. The van der Waals surface area contributed by atoms with E-state index in [1.807, 2.05) is 0 Å². The molecule has 15 heavy (non-hydrogen) atoms. The van der Waals surface area contributed by atoms with Gasteiger partial charge in [-0.15, -0.1) is 0 Å². The molecule has 88 valence electrons. The van der Waals surface area contributed by atoms with Gasteiger partial charge in [-0.2, -0.15) is 0 Å². The zero-order valence-corrected chi connectivity index (χ0v) is 9.75. The number of amides is 1. The highest BCUT2D eigenvalue weighted by Gasteiger charge is 2.31. The Morgan fingerprint density at radius 2 is 2.27 bits per heavy atom. The fourth-order valence-corrected chi connectivity index (χ4v) is 2.36. The molecule has 0 aromatic carbocycles. The number of carbonyl (C=O) groups is 1. The molecule has 0 radical (unpaired) electrons. The smallest absolute Gasteiger partial charge is 0.219 e. The maximum atomic E-state index is 10.8. The zero-order chi connectivity index (χ0) is 11.5. The van der Waals surface area contributed by atoms with Gasteiger partial charge in [0.15, 0.2) is 0 Å². The largest absolute Gasteiger partial charge is 0.370 e. The van der Waals surface area contributed by atoms with Crippen molar-refractivity contribution in [2.45, 2.75) is 51.6 Å². The Hall–Kier alpha value is -0.610. The van der Waals surface area contributed by atoms with Crippen molar-refractivity contribution < 1.29 is 4.79 Å². The molecule has 2 atom stereocenters. The van der Waals surface area contributed by atoms with Gasteiger partial charge in [-0.25, -0.2) is 0 Å². The molecule has 0 spiro atoms. The Morgan fingerprint density at radius 3 is 2.67 bits per heavy atom. The molecule has 0 aromatic heterocycles. The summed E-state index contributed by atoms with van der Waals surface area (Å²) < 4.78 is 0. The third kappa shape index (κ3) is 4.18. The lowest BCUT2D eigenvalue weighted by molar-refractivity contribution is -0.118. The Labute approximate surface area is 91.8 Å². The minimum Gasteiger partial charge on any atom is -0.370 e. The van der Waals surface area contributed by atoms with Crippen molar-refractivity contribution in [3.05, 3.63) is 0 Å². The number of nitrogens with one attached hydrogen (secondary N) is 1. The zero-order valence-electron chi connectivity index (χ0n) is 9.75. The van der Waals surface area contributed by atoms with Crippen LogP contribution in [-0.2, 0) is 4.79 Å². The van der Waals surface area contributed by atoms with E-state index in [2.05, 4.69) is 19.2 Å². The summed E-state index contributed by atoms with van der Waals surface area (Å²) in [7, 11) is 0. The average Bonchev–Trinajstić information content (AvgIpc) is 2.43. The van der Waals surface area contributed by atoms with E-state index in [9.17, 15) is 4.79 Å². The van der Waals surface area contributed by atoms with Crippen LogP contribution in [0, 0.1) is 5.41 Å². The van der Waals surface area contributed by atoms with Crippen molar-refractivity contribution in [2.75, 3.05) is 6.54 Å². The highest BCUT2D eigenvalue weighted by Crippen LogP contribution is 2.37. The van der Waals surface area contributed by atoms with E-state index in [1.165, 1.54) is 12.8 Å². The summed E-state index contributed by atoms with van der Waals surface area (Å²) in [5.74, 6) is -0.282. The van der Waals surface area contributed by atoms with Crippen LogP contribution in [0.4, 0.5) is 0 Å². The first-order valence-electron chi connectivity index (χ1n) is 5.67. The fourth-order valence-electron chi connectivity index (χ4n) is 2.36. The topological polar surface area (TPSA) is 81.1 Å². The number of nitrogens with two attached hydrogens (primary N) is 2. The second-order valence-electron chi connectivity index (χ2n) is 5.37. The fraction of sp³-hybridized carbons (Fsp3) is 0.909. The van der Waals surface area contributed by atoms with Crippen LogP contribution >= 0.6 is 0 Å². The highest BCUT2D eigenvalue weighted by atomic mass is 16.1. The van der Waals surface area contributed by atoms with Gasteiger partial charge in [-0.3, -0.25) is 4.79 Å². The van der Waals surface area contributed by atoms with Gasteiger partial charge in [-0.05, 0) is 24.7 Å². The first kappa shape index (κ1) is 12.5. The average molecular weight is 213 g/mol. The van der Waals surface area contributed by atoms with Crippen LogP contribution in [0.5, 0.6) is 0 Å². The highest BCUT2D eigenvalue weighted by molar-refractivity contribution is 5.74. The van der Waals surface area contributed by atoms with Gasteiger partial charge in [0.1, 0.15) is 0 Å². The molecule has 1 fully saturated rings. The van der Waals surface area contributed by atoms with Crippen molar-refractivity contribution in [3.63, 3.8) is 0 Å². The van der Waals surface area contributed by atoms with E-state index in [-0.39, 0.29) is 11.9 Å². The third-order valence-electron chi connectivity index (χ3n) is 3.17. The van der Waals surface area contributed by atoms with E-state index in [4.69, 9.17) is 11.5 Å². The molecule has 0 aliphatic heterocycles. The van der Waals surface area contributed by atoms with Gasteiger partial charge in [0.05, 0.1) is 0 Å². The molecular formula is C11H23N3O. The van der Waals surface area contributed by atoms with Crippen LogP contribution in [0.1, 0.15) is 39.5 Å². The first-order chi connectivity index (χ1) is 6.93. The van der Waals surface area contributed by atoms with Gasteiger partial charge in [-0.1, -0.05) is 13.8 Å². The number of hydrogen-bond donors (Lipinski definition) is 3. The maximum absolute atomic E-state index is 10.8. The second-order valence-corrected chi connectivity index (χ2v) is 5.37. The van der Waals surface area contributed by atoms with Crippen LogP contribution < -0.4 is 16.8 Å². The normalized spacial score (nSPS) is 26.5.